The molecule has 1 aliphatic heterocycles. The van der Waals surface area contributed by atoms with Crippen LogP contribution in [0, 0.1) is 6.92 Å². The molecule has 0 radical (unpaired) electrons. The number of methoxy groups -OCH3 is 2. The quantitative estimate of drug-likeness (QED) is 0.347. The second kappa shape index (κ2) is 9.70. The van der Waals surface area contributed by atoms with Crippen molar-refractivity contribution in [1.82, 2.24) is 9.80 Å². The summed E-state index contributed by atoms with van der Waals surface area (Å²) in [5.41, 5.74) is 0.989. The molecule has 10 heteroatoms. The number of amides is 1. The number of ketones is 1. The summed E-state index contributed by atoms with van der Waals surface area (Å²) in [5, 5.41) is 13.4. The van der Waals surface area contributed by atoms with Gasteiger partial charge in [-0.1, -0.05) is 23.2 Å². The van der Waals surface area contributed by atoms with E-state index in [0.29, 0.717) is 13.1 Å². The Morgan fingerprint density at radius 3 is 2.41 bits per heavy atom. The number of halogens is 2. The van der Waals surface area contributed by atoms with Crippen molar-refractivity contribution in [2.45, 2.75) is 13.0 Å². The summed E-state index contributed by atoms with van der Waals surface area (Å²) in [7, 11) is 6.55. The summed E-state index contributed by atoms with van der Waals surface area (Å²) >= 11 is 14.1. The van der Waals surface area contributed by atoms with Crippen molar-refractivity contribution >= 4 is 52.0 Å². The van der Waals surface area contributed by atoms with E-state index in [1.165, 1.54) is 36.5 Å². The van der Waals surface area contributed by atoms with Crippen molar-refractivity contribution in [3.8, 4) is 11.5 Å². The van der Waals surface area contributed by atoms with Gasteiger partial charge in [0.05, 0.1) is 36.4 Å². The zero-order chi connectivity index (χ0) is 23.7. The molecule has 1 aliphatic rings. The molecule has 3 rings (SSSR count). The fraction of sp³-hybridized carbons (Fsp3) is 0.364. The number of nitrogens with zero attached hydrogens (tertiary/aromatic N) is 2. The fourth-order valence-electron chi connectivity index (χ4n) is 3.65. The van der Waals surface area contributed by atoms with Crippen LogP contribution in [0.1, 0.15) is 22.0 Å². The Balaban J connectivity index is 2.27. The Kier molecular flexibility index (Phi) is 7.39. The van der Waals surface area contributed by atoms with E-state index in [9.17, 15) is 14.7 Å². The van der Waals surface area contributed by atoms with Gasteiger partial charge in [0.25, 0.3) is 11.7 Å². The first-order valence-electron chi connectivity index (χ1n) is 9.71. The molecule has 172 valence electrons. The van der Waals surface area contributed by atoms with Crippen LogP contribution in [0.3, 0.4) is 0 Å². The van der Waals surface area contributed by atoms with Crippen LogP contribution in [0.5, 0.6) is 11.5 Å². The van der Waals surface area contributed by atoms with Gasteiger partial charge in [-0.2, -0.15) is 0 Å². The minimum absolute atomic E-state index is 0.0325. The summed E-state index contributed by atoms with van der Waals surface area (Å²) in [4.78, 5) is 30.3. The second-order valence-corrected chi connectivity index (χ2v) is 9.28. The third-order valence-electron chi connectivity index (χ3n) is 5.27. The zero-order valence-electron chi connectivity index (χ0n) is 18.4. The van der Waals surface area contributed by atoms with Crippen molar-refractivity contribution in [1.29, 1.82) is 0 Å². The maximum absolute atomic E-state index is 13.1. The van der Waals surface area contributed by atoms with Crippen LogP contribution in [0.4, 0.5) is 0 Å². The van der Waals surface area contributed by atoms with Crippen LogP contribution in [0.2, 0.25) is 10.0 Å². The van der Waals surface area contributed by atoms with E-state index in [-0.39, 0.29) is 32.7 Å². The summed E-state index contributed by atoms with van der Waals surface area (Å²) < 4.78 is 10.6. The predicted molar refractivity (Wildman–Crippen MR) is 126 cm³/mol. The molecule has 1 N–H and O–H groups in total. The van der Waals surface area contributed by atoms with Gasteiger partial charge in [-0.25, -0.2) is 0 Å². The molecule has 1 aromatic heterocycles. The van der Waals surface area contributed by atoms with Gasteiger partial charge in [0.15, 0.2) is 11.5 Å². The predicted octanol–water partition coefficient (Wildman–Crippen LogP) is 4.36. The highest BCUT2D eigenvalue weighted by Gasteiger charge is 2.47. The number of aliphatic hydroxyl groups is 1. The maximum atomic E-state index is 13.1. The number of hydrogen-bond acceptors (Lipinski definition) is 7. The third kappa shape index (κ3) is 4.20. The molecule has 1 amide bonds. The van der Waals surface area contributed by atoms with Gasteiger partial charge in [-0.15, -0.1) is 11.3 Å². The van der Waals surface area contributed by atoms with Crippen molar-refractivity contribution in [3.05, 3.63) is 49.1 Å². The first-order chi connectivity index (χ1) is 15.1. The monoisotopic (exact) mass is 498 g/mol. The molecule has 1 fully saturated rings. The van der Waals surface area contributed by atoms with E-state index in [0.717, 1.165) is 10.4 Å². The molecule has 0 saturated carbocycles. The SMILES string of the molecule is COc1c(Cl)cc(/C(O)=C2\C(=O)C(=O)N(CCN(C)C)C2c2sccc2C)c(OC)c1Cl. The first-order valence-corrected chi connectivity index (χ1v) is 11.3. The molecular formula is C22H24Cl2N2O5S. The number of carbonyl (C=O) groups is 2. The van der Waals surface area contributed by atoms with E-state index in [1.807, 2.05) is 37.4 Å². The number of benzene rings is 1. The van der Waals surface area contributed by atoms with Crippen molar-refractivity contribution in [2.75, 3.05) is 41.4 Å². The van der Waals surface area contributed by atoms with Crippen LogP contribution in [0.25, 0.3) is 5.76 Å². The summed E-state index contributed by atoms with van der Waals surface area (Å²) in [5.74, 6) is -1.58. The van der Waals surface area contributed by atoms with Gasteiger partial charge in [-0.3, -0.25) is 9.59 Å². The smallest absolute Gasteiger partial charge is 0.295 e. The molecule has 7 nitrogen and oxygen atoms in total. The lowest BCUT2D eigenvalue weighted by Gasteiger charge is -2.26. The third-order valence-corrected chi connectivity index (χ3v) is 6.97. The Hall–Kier alpha value is -2.26. The van der Waals surface area contributed by atoms with Crippen LogP contribution >= 0.6 is 34.5 Å². The normalized spacial score (nSPS) is 18.0. The van der Waals surface area contributed by atoms with Crippen molar-refractivity contribution in [2.24, 2.45) is 0 Å². The molecule has 0 aliphatic carbocycles. The summed E-state index contributed by atoms with van der Waals surface area (Å²) in [6, 6.07) is 2.58. The minimum Gasteiger partial charge on any atom is -0.507 e. The number of likely N-dealkylation sites (N-methyl/N-ethyl adjacent to an activating group) is 1. The molecule has 0 bridgehead atoms. The number of ether oxygens (including phenoxy) is 2. The van der Waals surface area contributed by atoms with E-state index >= 15 is 0 Å². The minimum atomic E-state index is -0.774. The number of aryl methyl sites for hydroxylation is 1. The number of aliphatic hydroxyl groups excluding tert-OH is 1. The number of hydrogen-bond donors (Lipinski definition) is 1. The number of rotatable bonds is 7. The first kappa shape index (κ1) is 24.4. The standard InChI is InChI=1S/C22H24Cl2N2O5S/c1-11-6-9-32-21(11)16-14(18(28)22(29)26(16)8-7-25(2)3)17(27)12-10-13(23)20(31-5)15(24)19(12)30-4/h6,9-10,16,27H,7-8H2,1-5H3/b17-14+. The van der Waals surface area contributed by atoms with Crippen LogP contribution in [-0.4, -0.2) is 68.0 Å². The van der Waals surface area contributed by atoms with E-state index in [2.05, 4.69) is 0 Å². The molecular weight excluding hydrogens is 475 g/mol. The van der Waals surface area contributed by atoms with Crippen LogP contribution in [-0.2, 0) is 9.59 Å². The van der Waals surface area contributed by atoms with E-state index < -0.39 is 23.5 Å². The lowest BCUT2D eigenvalue weighted by molar-refractivity contribution is -0.140. The van der Waals surface area contributed by atoms with Crippen molar-refractivity contribution < 1.29 is 24.2 Å². The number of thiophene rings is 1. The Bertz CT molecular complexity index is 1100. The molecule has 1 unspecified atom stereocenters. The maximum Gasteiger partial charge on any atom is 0.295 e. The van der Waals surface area contributed by atoms with E-state index in [1.54, 1.807) is 0 Å². The topological polar surface area (TPSA) is 79.3 Å². The lowest BCUT2D eigenvalue weighted by atomic mass is 9.97. The number of Topliss-reactive ketones (excluding diaryl/α,β-unsaturated/α-hetero) is 1. The molecule has 0 spiro atoms. The molecule has 1 aromatic carbocycles. The Labute approximate surface area is 200 Å². The van der Waals surface area contributed by atoms with Gasteiger partial charge in [0.1, 0.15) is 10.8 Å². The van der Waals surface area contributed by atoms with Gasteiger partial charge in [0, 0.05) is 18.0 Å². The Morgan fingerprint density at radius 1 is 1.22 bits per heavy atom. The molecule has 2 heterocycles. The van der Waals surface area contributed by atoms with Gasteiger partial charge >= 0.3 is 0 Å². The largest absolute Gasteiger partial charge is 0.507 e. The van der Waals surface area contributed by atoms with Crippen LogP contribution < -0.4 is 9.47 Å². The highest BCUT2D eigenvalue weighted by Crippen LogP contribution is 2.48. The van der Waals surface area contributed by atoms with E-state index in [4.69, 9.17) is 32.7 Å². The second-order valence-electron chi connectivity index (χ2n) is 7.55. The molecule has 1 saturated heterocycles. The highest BCUT2D eigenvalue weighted by atomic mass is 35.5. The molecule has 2 aromatic rings. The van der Waals surface area contributed by atoms with Gasteiger partial charge in [-0.05, 0) is 44.1 Å². The summed E-state index contributed by atoms with van der Waals surface area (Å²) in [6.07, 6.45) is 0. The average molecular weight is 499 g/mol. The highest BCUT2D eigenvalue weighted by molar-refractivity contribution is 7.10. The summed E-state index contributed by atoms with van der Waals surface area (Å²) in [6.45, 7) is 2.77. The Morgan fingerprint density at radius 2 is 1.88 bits per heavy atom. The number of likely N-dealkylation sites (tertiary alicyclic amines) is 1. The average Bonchev–Trinajstić information content (AvgIpc) is 3.26. The van der Waals surface area contributed by atoms with Gasteiger partial charge < -0.3 is 24.4 Å². The van der Waals surface area contributed by atoms with Crippen molar-refractivity contribution in [3.63, 3.8) is 0 Å². The zero-order valence-corrected chi connectivity index (χ0v) is 20.7. The fourth-order valence-corrected chi connectivity index (χ4v) is 5.38. The van der Waals surface area contributed by atoms with Gasteiger partial charge in [0.2, 0.25) is 0 Å². The molecule has 32 heavy (non-hydrogen) atoms. The molecule has 1 atom stereocenters. The number of carbonyl (C=O) groups excluding carboxylic acids is 2. The van der Waals surface area contributed by atoms with Crippen LogP contribution in [0.15, 0.2) is 23.1 Å². The lowest BCUT2D eigenvalue weighted by Crippen LogP contribution is -2.35.